The summed E-state index contributed by atoms with van der Waals surface area (Å²) in [7, 11) is 0. The van der Waals surface area contributed by atoms with Crippen molar-refractivity contribution in [1.29, 1.82) is 0 Å². The van der Waals surface area contributed by atoms with Crippen LogP contribution in [0.3, 0.4) is 0 Å². The third-order valence-corrected chi connectivity index (χ3v) is 2.81. The van der Waals surface area contributed by atoms with Crippen LogP contribution < -0.4 is 0 Å². The van der Waals surface area contributed by atoms with Gasteiger partial charge in [-0.1, -0.05) is 12.1 Å². The van der Waals surface area contributed by atoms with Crippen LogP contribution in [0.15, 0.2) is 24.3 Å². The number of hydrogen-bond donors (Lipinski definition) is 2. The number of phenols is 1. The highest BCUT2D eigenvalue weighted by Gasteiger charge is 2.33. The van der Waals surface area contributed by atoms with E-state index in [1.165, 1.54) is 12.1 Å². The van der Waals surface area contributed by atoms with Crippen LogP contribution >= 0.6 is 0 Å². The van der Waals surface area contributed by atoms with E-state index in [9.17, 15) is 18.0 Å². The van der Waals surface area contributed by atoms with E-state index in [1.807, 2.05) is 0 Å². The van der Waals surface area contributed by atoms with Crippen LogP contribution in [0.4, 0.5) is 13.2 Å². The van der Waals surface area contributed by atoms with Gasteiger partial charge in [-0.3, -0.25) is 9.69 Å². The second-order valence-corrected chi connectivity index (χ2v) is 4.63. The first-order valence-corrected chi connectivity index (χ1v) is 5.98. The summed E-state index contributed by atoms with van der Waals surface area (Å²) in [6.45, 7) is -0.390. The lowest BCUT2D eigenvalue weighted by molar-refractivity contribution is -0.157. The second-order valence-electron chi connectivity index (χ2n) is 4.63. The predicted molar refractivity (Wildman–Crippen MR) is 66.5 cm³/mol. The Balaban J connectivity index is 2.73. The van der Waals surface area contributed by atoms with Gasteiger partial charge in [0.15, 0.2) is 0 Å². The van der Waals surface area contributed by atoms with Crippen molar-refractivity contribution in [2.45, 2.75) is 25.6 Å². The minimum atomic E-state index is -4.45. The van der Waals surface area contributed by atoms with Gasteiger partial charge in [-0.05, 0) is 31.0 Å². The molecular weight excluding hydrogens is 275 g/mol. The molecule has 0 fully saturated rings. The van der Waals surface area contributed by atoms with Gasteiger partial charge < -0.3 is 10.2 Å². The van der Waals surface area contributed by atoms with Gasteiger partial charge in [0.2, 0.25) is 0 Å². The fraction of sp³-hybridized carbons (Fsp3) is 0.462. The quantitative estimate of drug-likeness (QED) is 0.844. The number of aliphatic carboxylic acids is 1. The molecule has 0 aliphatic heterocycles. The molecule has 0 heterocycles. The number of aromatic hydroxyl groups is 1. The van der Waals surface area contributed by atoms with Crippen molar-refractivity contribution in [3.63, 3.8) is 0 Å². The molecule has 4 nitrogen and oxygen atoms in total. The van der Waals surface area contributed by atoms with Crippen LogP contribution in [0.2, 0.25) is 0 Å². The molecule has 20 heavy (non-hydrogen) atoms. The van der Waals surface area contributed by atoms with E-state index in [4.69, 9.17) is 10.2 Å². The Morgan fingerprint density at radius 2 is 1.85 bits per heavy atom. The first-order chi connectivity index (χ1) is 9.17. The molecule has 7 heteroatoms. The van der Waals surface area contributed by atoms with E-state index < -0.39 is 31.3 Å². The van der Waals surface area contributed by atoms with Gasteiger partial charge in [0.1, 0.15) is 5.75 Å². The normalized spacial score (nSPS) is 13.4. The minimum absolute atomic E-state index is 0.0686. The lowest BCUT2D eigenvalue weighted by atomic mass is 10.1. The number of halogens is 3. The summed E-state index contributed by atoms with van der Waals surface area (Å²) in [4.78, 5) is 11.5. The minimum Gasteiger partial charge on any atom is -0.508 e. The van der Waals surface area contributed by atoms with Crippen molar-refractivity contribution in [3.8, 4) is 5.75 Å². The zero-order chi connectivity index (χ0) is 15.3. The third-order valence-electron chi connectivity index (χ3n) is 2.81. The maximum Gasteiger partial charge on any atom is 0.401 e. The lowest BCUT2D eigenvalue weighted by Crippen LogP contribution is -2.44. The van der Waals surface area contributed by atoms with Gasteiger partial charge >= 0.3 is 12.1 Å². The summed E-state index contributed by atoms with van der Waals surface area (Å²) in [6.07, 6.45) is -4.18. The number of phenolic OH excluding ortho intramolecular Hbond substituents is 1. The average molecular weight is 291 g/mol. The van der Waals surface area contributed by atoms with Crippen LogP contribution in [-0.2, 0) is 11.2 Å². The molecule has 112 valence electrons. The fourth-order valence-corrected chi connectivity index (χ4v) is 1.87. The van der Waals surface area contributed by atoms with Gasteiger partial charge in [0.25, 0.3) is 0 Å². The second kappa shape index (κ2) is 6.60. The number of carboxylic acid groups (broad SMARTS) is 1. The first kappa shape index (κ1) is 16.3. The standard InChI is InChI=1S/C13H16F3NO3/c1-9(6-10-2-4-11(18)5-3-10)17(7-12(19)20)8-13(14,15)16/h2-5,9,18H,6-8H2,1H3,(H,19,20). The molecule has 1 aromatic rings. The van der Waals surface area contributed by atoms with Crippen LogP contribution in [0.25, 0.3) is 0 Å². The maximum atomic E-state index is 12.4. The van der Waals surface area contributed by atoms with E-state index in [1.54, 1.807) is 19.1 Å². The number of nitrogens with zero attached hydrogens (tertiary/aromatic N) is 1. The van der Waals surface area contributed by atoms with Gasteiger partial charge in [-0.15, -0.1) is 0 Å². The third kappa shape index (κ3) is 5.92. The molecule has 0 aromatic heterocycles. The topological polar surface area (TPSA) is 60.8 Å². The summed E-state index contributed by atoms with van der Waals surface area (Å²) < 4.78 is 37.3. The highest BCUT2D eigenvalue weighted by molar-refractivity contribution is 5.69. The number of hydrogen-bond acceptors (Lipinski definition) is 3. The van der Waals surface area contributed by atoms with Gasteiger partial charge in [-0.25, -0.2) is 0 Å². The highest BCUT2D eigenvalue weighted by atomic mass is 19.4. The number of benzene rings is 1. The summed E-state index contributed by atoms with van der Waals surface area (Å²) in [5, 5.41) is 17.8. The summed E-state index contributed by atoms with van der Waals surface area (Å²) in [6, 6.07) is 5.48. The van der Waals surface area contributed by atoms with E-state index in [0.717, 1.165) is 10.5 Å². The monoisotopic (exact) mass is 291 g/mol. The van der Waals surface area contributed by atoms with Gasteiger partial charge in [-0.2, -0.15) is 13.2 Å². The Bertz CT molecular complexity index is 445. The fourth-order valence-electron chi connectivity index (χ4n) is 1.87. The molecule has 0 aliphatic carbocycles. The van der Waals surface area contributed by atoms with E-state index >= 15 is 0 Å². The molecule has 0 aliphatic rings. The summed E-state index contributed by atoms with van der Waals surface area (Å²) >= 11 is 0. The zero-order valence-corrected chi connectivity index (χ0v) is 10.9. The lowest BCUT2D eigenvalue weighted by Gasteiger charge is -2.28. The Labute approximate surface area is 114 Å². The molecule has 1 rings (SSSR count). The number of carboxylic acids is 1. The molecule has 0 amide bonds. The Morgan fingerprint density at radius 1 is 1.30 bits per heavy atom. The average Bonchev–Trinajstić information content (AvgIpc) is 2.29. The number of alkyl halides is 3. The zero-order valence-electron chi connectivity index (χ0n) is 10.9. The molecule has 2 N–H and O–H groups in total. The Kier molecular flexibility index (Phi) is 5.38. The van der Waals surface area contributed by atoms with Gasteiger partial charge in [0, 0.05) is 6.04 Å². The van der Waals surface area contributed by atoms with Crippen molar-refractivity contribution in [3.05, 3.63) is 29.8 Å². The van der Waals surface area contributed by atoms with Crippen LogP contribution in [0.1, 0.15) is 12.5 Å². The van der Waals surface area contributed by atoms with Crippen molar-refractivity contribution in [2.75, 3.05) is 13.1 Å². The molecular formula is C13H16F3NO3. The van der Waals surface area contributed by atoms with Gasteiger partial charge in [0.05, 0.1) is 13.1 Å². The molecule has 0 saturated heterocycles. The maximum absolute atomic E-state index is 12.4. The SMILES string of the molecule is CC(Cc1ccc(O)cc1)N(CC(=O)O)CC(F)(F)F. The molecule has 0 bridgehead atoms. The van der Waals surface area contributed by atoms with Crippen LogP contribution in [0.5, 0.6) is 5.75 Å². The van der Waals surface area contributed by atoms with Crippen LogP contribution in [-0.4, -0.2) is 46.4 Å². The molecule has 1 aromatic carbocycles. The van der Waals surface area contributed by atoms with Crippen molar-refractivity contribution < 1.29 is 28.2 Å². The van der Waals surface area contributed by atoms with Crippen LogP contribution in [0, 0.1) is 0 Å². The van der Waals surface area contributed by atoms with E-state index in [-0.39, 0.29) is 12.2 Å². The van der Waals surface area contributed by atoms with E-state index in [2.05, 4.69) is 0 Å². The Hall–Kier alpha value is -1.76. The van der Waals surface area contributed by atoms with E-state index in [0.29, 0.717) is 0 Å². The largest absolute Gasteiger partial charge is 0.508 e. The van der Waals surface area contributed by atoms with Crippen molar-refractivity contribution in [1.82, 2.24) is 4.90 Å². The molecule has 1 atom stereocenters. The highest BCUT2D eigenvalue weighted by Crippen LogP contribution is 2.20. The predicted octanol–water partition coefficient (Wildman–Crippen LogP) is 2.27. The van der Waals surface area contributed by atoms with Crippen molar-refractivity contribution >= 4 is 5.97 Å². The molecule has 0 radical (unpaired) electrons. The Morgan fingerprint density at radius 3 is 2.30 bits per heavy atom. The van der Waals surface area contributed by atoms with Crippen molar-refractivity contribution in [2.24, 2.45) is 0 Å². The first-order valence-electron chi connectivity index (χ1n) is 5.98. The summed E-state index contributed by atoms with van der Waals surface area (Å²) in [5.41, 5.74) is 0.730. The molecule has 1 unspecified atom stereocenters. The number of carbonyl (C=O) groups is 1. The summed E-state index contributed by atoms with van der Waals surface area (Å²) in [5.74, 6) is -1.23. The molecule has 0 spiro atoms. The smallest absolute Gasteiger partial charge is 0.401 e. The number of rotatable bonds is 6. The molecule has 0 saturated carbocycles.